The highest BCUT2D eigenvalue weighted by Gasteiger charge is 2.57. The fraction of sp³-hybridized carbons (Fsp3) is 0.457. The van der Waals surface area contributed by atoms with Gasteiger partial charge in [-0.1, -0.05) is 131 Å². The summed E-state index contributed by atoms with van der Waals surface area (Å²) in [6.45, 7) is 9.97. The molecule has 2 N–H and O–H groups in total. The Kier molecular flexibility index (Phi) is 13.0. The van der Waals surface area contributed by atoms with E-state index in [4.69, 9.17) is 14.3 Å². The number of unbranched alkanes of at least 4 members (excludes halogenated alkanes) is 2. The topological polar surface area (TPSA) is 113 Å². The number of benzene rings is 3. The summed E-state index contributed by atoms with van der Waals surface area (Å²) in [5.74, 6) is -2.00. The highest BCUT2D eigenvalue weighted by Crippen LogP contribution is 2.50. The molecule has 55 heavy (non-hydrogen) atoms. The summed E-state index contributed by atoms with van der Waals surface area (Å²) in [5.41, 5.74) is 4.24. The van der Waals surface area contributed by atoms with Crippen molar-refractivity contribution in [3.05, 3.63) is 107 Å². The van der Waals surface area contributed by atoms with E-state index >= 15 is 0 Å². The Balaban J connectivity index is 1.35. The van der Waals surface area contributed by atoms with Crippen molar-refractivity contribution < 1.29 is 33.8 Å². The van der Waals surface area contributed by atoms with Crippen molar-refractivity contribution in [2.24, 2.45) is 17.8 Å². The minimum atomic E-state index is -2.92. The normalized spacial score (nSPS) is 21.6. The third kappa shape index (κ3) is 8.59. The number of hydrogen-bond donors (Lipinski definition) is 2. The van der Waals surface area contributed by atoms with Gasteiger partial charge in [0.05, 0.1) is 31.2 Å². The van der Waals surface area contributed by atoms with E-state index < -0.39 is 26.1 Å². The lowest BCUT2D eigenvalue weighted by molar-refractivity contribution is -0.141. The van der Waals surface area contributed by atoms with E-state index in [1.807, 2.05) is 30.3 Å². The fourth-order valence-corrected chi connectivity index (χ4v) is 13.9. The van der Waals surface area contributed by atoms with Crippen molar-refractivity contribution in [3.8, 4) is 5.75 Å². The van der Waals surface area contributed by atoms with Crippen LogP contribution < -0.4 is 10.4 Å². The second-order valence-electron chi connectivity index (χ2n) is 16.5. The molecule has 0 unspecified atom stereocenters. The van der Waals surface area contributed by atoms with Crippen LogP contribution in [-0.4, -0.2) is 67.1 Å². The van der Waals surface area contributed by atoms with E-state index in [0.717, 1.165) is 42.4 Å². The first-order chi connectivity index (χ1) is 26.5. The van der Waals surface area contributed by atoms with Gasteiger partial charge >= 0.3 is 5.97 Å². The van der Waals surface area contributed by atoms with Gasteiger partial charge in [-0.15, -0.1) is 0 Å². The maximum Gasteiger partial charge on any atom is 0.303 e. The number of aromatic hydroxyl groups is 1. The standard InChI is InChI=1S/C46H57NO7Si/c1-5-17-32(28-33-18-14-15-23-39(33)48)25-26-40-42-34(30-54-55(46(2,3)4,35-19-9-6-10-20-35)36-21-11-7-12-22-36)29-37-43(38(42)31-53-40)45(52)47(44(37)51)27-16-8-13-24-41(49)50/h6-7,9-12,14-15,18-23,28,37-38,40,43,48H,5,8,13,16-17,24-27,29-31H2,1-4H3,(H,49,50)/b32-28+/t37-,38+,40-,43-/m1/s1. The minimum absolute atomic E-state index is 0.0809. The zero-order chi connectivity index (χ0) is 39.2. The number of carbonyl (C=O) groups is 3. The first kappa shape index (κ1) is 40.4. The van der Waals surface area contributed by atoms with Gasteiger partial charge in [-0.2, -0.15) is 0 Å². The summed E-state index contributed by atoms with van der Waals surface area (Å²) in [6.07, 6.45) is 7.51. The van der Waals surface area contributed by atoms with Gasteiger partial charge in [0.2, 0.25) is 11.8 Å². The molecule has 1 aliphatic carbocycles. The van der Waals surface area contributed by atoms with Crippen molar-refractivity contribution in [1.29, 1.82) is 0 Å². The van der Waals surface area contributed by atoms with Crippen molar-refractivity contribution in [3.63, 3.8) is 0 Å². The molecular weight excluding hydrogens is 707 g/mol. The van der Waals surface area contributed by atoms with Crippen LogP contribution >= 0.6 is 0 Å². The summed E-state index contributed by atoms with van der Waals surface area (Å²) in [6, 6.07) is 28.5. The van der Waals surface area contributed by atoms with Gasteiger partial charge in [0.1, 0.15) is 5.75 Å². The first-order valence-corrected chi connectivity index (χ1v) is 22.0. The SMILES string of the molecule is CCC/C(=C\c1ccccc1O)CC[C@H]1OC[C@H]2C1=C(CO[Si](c1ccccc1)(c1ccccc1)C(C)(C)C)C[C@H]1C(=O)N(CCCCCC(=O)O)C(=O)[C@H]12. The third-order valence-electron chi connectivity index (χ3n) is 11.8. The summed E-state index contributed by atoms with van der Waals surface area (Å²) >= 11 is 0. The Bertz CT molecular complexity index is 1840. The number of aliphatic carboxylic acids is 1. The molecule has 2 fully saturated rings. The molecule has 0 saturated carbocycles. The van der Waals surface area contributed by atoms with Crippen LogP contribution in [0.5, 0.6) is 5.75 Å². The molecule has 0 bridgehead atoms. The highest BCUT2D eigenvalue weighted by atomic mass is 28.4. The molecule has 2 heterocycles. The molecule has 9 heteroatoms. The third-order valence-corrected chi connectivity index (χ3v) is 16.8. The number of phenols is 1. The highest BCUT2D eigenvalue weighted by molar-refractivity contribution is 6.99. The number of rotatable bonds is 17. The lowest BCUT2D eigenvalue weighted by Gasteiger charge is -2.44. The molecule has 2 saturated heterocycles. The van der Waals surface area contributed by atoms with E-state index in [0.29, 0.717) is 45.4 Å². The fourth-order valence-electron chi connectivity index (χ4n) is 9.31. The monoisotopic (exact) mass is 763 g/mol. The molecule has 0 radical (unpaired) electrons. The number of imide groups is 1. The molecule has 4 atom stereocenters. The zero-order valence-electron chi connectivity index (χ0n) is 32.8. The number of allylic oxidation sites excluding steroid dienone is 1. The van der Waals surface area contributed by atoms with E-state index in [1.54, 1.807) is 6.07 Å². The average molecular weight is 764 g/mol. The molecule has 0 spiro atoms. The second-order valence-corrected chi connectivity index (χ2v) is 20.8. The molecule has 6 rings (SSSR count). The Morgan fingerprint density at radius 1 is 0.873 bits per heavy atom. The maximum atomic E-state index is 14.2. The number of phenolic OH excluding ortho intramolecular Hbond substituents is 1. The number of carbonyl (C=O) groups excluding carboxylic acids is 2. The van der Waals surface area contributed by atoms with Crippen LogP contribution in [0.4, 0.5) is 0 Å². The molecule has 292 valence electrons. The van der Waals surface area contributed by atoms with Crippen LogP contribution in [0.25, 0.3) is 6.08 Å². The van der Waals surface area contributed by atoms with Crippen molar-refractivity contribution in [1.82, 2.24) is 4.90 Å². The number of amides is 2. The van der Waals surface area contributed by atoms with Crippen molar-refractivity contribution in [2.45, 2.75) is 96.6 Å². The molecule has 8 nitrogen and oxygen atoms in total. The Labute approximate surface area is 327 Å². The van der Waals surface area contributed by atoms with Gasteiger partial charge < -0.3 is 19.4 Å². The average Bonchev–Trinajstić information content (AvgIpc) is 3.69. The first-order valence-electron chi connectivity index (χ1n) is 20.1. The number of para-hydroxylation sites is 1. The molecule has 3 aromatic rings. The quantitative estimate of drug-likeness (QED) is 0.0623. The summed E-state index contributed by atoms with van der Waals surface area (Å²) in [5, 5.41) is 21.7. The van der Waals surface area contributed by atoms with Crippen LogP contribution in [0.15, 0.2) is 102 Å². The smallest absolute Gasteiger partial charge is 0.303 e. The molecule has 2 aliphatic heterocycles. The van der Waals surface area contributed by atoms with E-state index in [2.05, 4.69) is 82.3 Å². The molecular formula is C46H57NO7Si. The van der Waals surface area contributed by atoms with E-state index in [1.165, 1.54) is 20.8 Å². The lowest BCUT2D eigenvalue weighted by Crippen LogP contribution is -2.66. The maximum absolute atomic E-state index is 14.2. The van der Waals surface area contributed by atoms with Crippen molar-refractivity contribution >= 4 is 42.6 Å². The summed E-state index contributed by atoms with van der Waals surface area (Å²) in [7, 11) is -2.92. The molecule has 0 aromatic heterocycles. The van der Waals surface area contributed by atoms with Crippen LogP contribution in [0.3, 0.4) is 0 Å². The molecule has 2 amide bonds. The number of carboxylic acids is 1. The summed E-state index contributed by atoms with van der Waals surface area (Å²) in [4.78, 5) is 40.8. The van der Waals surface area contributed by atoms with Crippen LogP contribution in [-0.2, 0) is 23.5 Å². The lowest BCUT2D eigenvalue weighted by atomic mass is 9.69. The van der Waals surface area contributed by atoms with Crippen LogP contribution in [0, 0.1) is 17.8 Å². The predicted molar refractivity (Wildman–Crippen MR) is 218 cm³/mol. The number of fused-ring (bicyclic) bond motifs is 3. The minimum Gasteiger partial charge on any atom is -0.507 e. The number of likely N-dealkylation sites (tertiary alicyclic amines) is 1. The molecule has 3 aliphatic rings. The van der Waals surface area contributed by atoms with Crippen LogP contribution in [0.2, 0.25) is 5.04 Å². The predicted octanol–water partition coefficient (Wildman–Crippen LogP) is 7.89. The number of nitrogens with zero attached hydrogens (tertiary/aromatic N) is 1. The Morgan fingerprint density at radius 2 is 1.53 bits per heavy atom. The van der Waals surface area contributed by atoms with Gasteiger partial charge in [0, 0.05) is 24.4 Å². The van der Waals surface area contributed by atoms with Gasteiger partial charge in [0.25, 0.3) is 8.32 Å². The Morgan fingerprint density at radius 3 is 2.15 bits per heavy atom. The van der Waals surface area contributed by atoms with Gasteiger partial charge in [-0.25, -0.2) is 0 Å². The number of hydrogen-bond acceptors (Lipinski definition) is 6. The van der Waals surface area contributed by atoms with E-state index in [9.17, 15) is 19.5 Å². The second kappa shape index (κ2) is 17.7. The number of carboxylic acid groups (broad SMARTS) is 1. The van der Waals surface area contributed by atoms with Gasteiger partial charge in [-0.3, -0.25) is 19.3 Å². The van der Waals surface area contributed by atoms with Crippen molar-refractivity contribution in [2.75, 3.05) is 19.8 Å². The largest absolute Gasteiger partial charge is 0.507 e. The van der Waals surface area contributed by atoms with Crippen LogP contribution in [0.1, 0.15) is 91.0 Å². The van der Waals surface area contributed by atoms with Gasteiger partial charge in [-0.05, 0) is 71.1 Å². The Hall–Kier alpha value is -4.31. The number of ether oxygens (including phenoxy) is 1. The molecule has 3 aromatic carbocycles. The van der Waals surface area contributed by atoms with E-state index in [-0.39, 0.29) is 41.0 Å². The van der Waals surface area contributed by atoms with Gasteiger partial charge in [0.15, 0.2) is 0 Å². The summed E-state index contributed by atoms with van der Waals surface area (Å²) < 4.78 is 14.1. The zero-order valence-corrected chi connectivity index (χ0v) is 33.8.